The number of carboxylic acids is 1. The largest absolute Gasteiger partial charge is 0.477 e. The Hall–Kier alpha value is -2.77. The van der Waals surface area contributed by atoms with Gasteiger partial charge in [0.1, 0.15) is 0 Å². The van der Waals surface area contributed by atoms with Crippen molar-refractivity contribution in [2.24, 2.45) is 0 Å². The van der Waals surface area contributed by atoms with E-state index in [-0.39, 0.29) is 17.2 Å². The van der Waals surface area contributed by atoms with Gasteiger partial charge in [-0.15, -0.1) is 0 Å². The van der Waals surface area contributed by atoms with E-state index < -0.39 is 10.9 Å². The minimum absolute atomic E-state index is 0.0817. The third kappa shape index (κ3) is 2.11. The van der Waals surface area contributed by atoms with Crippen molar-refractivity contribution in [2.45, 2.75) is 18.8 Å². The summed E-state index contributed by atoms with van der Waals surface area (Å²) in [4.78, 5) is 25.1. The Morgan fingerprint density at radius 2 is 2.15 bits per heavy atom. The predicted molar refractivity (Wildman–Crippen MR) is 66.9 cm³/mol. The zero-order chi connectivity index (χ0) is 14.3. The molecule has 1 N–H and O–H groups in total. The highest BCUT2D eigenvalue weighted by Crippen LogP contribution is 2.39. The molecule has 0 amide bonds. The van der Waals surface area contributed by atoms with E-state index >= 15 is 0 Å². The summed E-state index contributed by atoms with van der Waals surface area (Å²) in [5.41, 5.74) is 0.316. The first-order valence-corrected chi connectivity index (χ1v) is 6.01. The van der Waals surface area contributed by atoms with Gasteiger partial charge < -0.3 is 5.11 Å². The lowest BCUT2D eigenvalue weighted by atomic mass is 10.3. The molecular formula is C12H10N4O4. The predicted octanol–water partition coefficient (Wildman–Crippen LogP) is 1.75. The van der Waals surface area contributed by atoms with Gasteiger partial charge in [-0.1, -0.05) is 0 Å². The van der Waals surface area contributed by atoms with Crippen LogP contribution in [0.3, 0.4) is 0 Å². The first-order chi connectivity index (χ1) is 9.56. The molecule has 2 aromatic heterocycles. The number of rotatable bonds is 4. The van der Waals surface area contributed by atoms with Crippen LogP contribution < -0.4 is 0 Å². The van der Waals surface area contributed by atoms with E-state index in [9.17, 15) is 14.9 Å². The molecule has 102 valence electrons. The van der Waals surface area contributed by atoms with Crippen molar-refractivity contribution in [3.63, 3.8) is 0 Å². The molecule has 0 atom stereocenters. The molecule has 8 heteroatoms. The highest BCUT2D eigenvalue weighted by atomic mass is 16.6. The van der Waals surface area contributed by atoms with Crippen LogP contribution in [0, 0.1) is 10.1 Å². The van der Waals surface area contributed by atoms with Crippen LogP contribution in [0.25, 0.3) is 5.82 Å². The molecule has 1 aliphatic rings. The molecule has 0 aliphatic heterocycles. The number of nitrogens with zero attached hydrogens (tertiary/aromatic N) is 4. The third-order valence-electron chi connectivity index (χ3n) is 3.09. The van der Waals surface area contributed by atoms with Crippen LogP contribution in [-0.2, 0) is 0 Å². The number of hydrogen-bond donors (Lipinski definition) is 1. The zero-order valence-electron chi connectivity index (χ0n) is 10.3. The summed E-state index contributed by atoms with van der Waals surface area (Å²) in [5, 5.41) is 24.2. The van der Waals surface area contributed by atoms with Crippen LogP contribution in [-0.4, -0.2) is 30.8 Å². The Morgan fingerprint density at radius 1 is 1.40 bits per heavy atom. The standard InChI is InChI=1S/C12H10N4O4/c17-12(18)9-3-4-10(16(19)20)11(13-9)15-6-5-8(14-15)7-1-2-7/h3-7H,1-2H2,(H,17,18). The number of aromatic nitrogens is 3. The maximum absolute atomic E-state index is 11.0. The molecule has 0 aromatic carbocycles. The minimum atomic E-state index is -1.24. The molecule has 3 rings (SSSR count). The van der Waals surface area contributed by atoms with Gasteiger partial charge in [-0.2, -0.15) is 5.10 Å². The second kappa shape index (κ2) is 4.41. The summed E-state index contributed by atoms with van der Waals surface area (Å²) in [6, 6.07) is 4.01. The van der Waals surface area contributed by atoms with Crippen LogP contribution in [0.1, 0.15) is 34.9 Å². The Balaban J connectivity index is 2.10. The van der Waals surface area contributed by atoms with Crippen LogP contribution in [0.15, 0.2) is 24.4 Å². The van der Waals surface area contributed by atoms with Crippen LogP contribution in [0.5, 0.6) is 0 Å². The van der Waals surface area contributed by atoms with Gasteiger partial charge in [0.25, 0.3) is 0 Å². The Labute approximate surface area is 112 Å². The lowest BCUT2D eigenvalue weighted by Crippen LogP contribution is -2.09. The molecule has 1 aliphatic carbocycles. The van der Waals surface area contributed by atoms with Crippen molar-refractivity contribution in [1.29, 1.82) is 0 Å². The molecule has 0 radical (unpaired) electrons. The summed E-state index contributed by atoms with van der Waals surface area (Å²) in [7, 11) is 0. The Morgan fingerprint density at radius 3 is 2.75 bits per heavy atom. The molecule has 0 bridgehead atoms. The van der Waals surface area contributed by atoms with Gasteiger partial charge in [-0.3, -0.25) is 10.1 Å². The van der Waals surface area contributed by atoms with E-state index in [0.717, 1.165) is 30.7 Å². The SMILES string of the molecule is O=C(O)c1ccc([N+](=O)[O-])c(-n2ccc(C3CC3)n2)n1. The number of nitro groups is 1. The van der Waals surface area contributed by atoms with Crippen LogP contribution >= 0.6 is 0 Å². The van der Waals surface area contributed by atoms with Crippen LogP contribution in [0.4, 0.5) is 5.69 Å². The molecule has 0 saturated heterocycles. The zero-order valence-corrected chi connectivity index (χ0v) is 10.3. The molecule has 2 aromatic rings. The van der Waals surface area contributed by atoms with Crippen molar-refractivity contribution < 1.29 is 14.8 Å². The first-order valence-electron chi connectivity index (χ1n) is 6.01. The van der Waals surface area contributed by atoms with Crippen molar-refractivity contribution in [3.05, 3.63) is 45.9 Å². The highest BCUT2D eigenvalue weighted by Gasteiger charge is 2.27. The van der Waals surface area contributed by atoms with Gasteiger partial charge in [0.15, 0.2) is 5.69 Å². The minimum Gasteiger partial charge on any atom is -0.477 e. The molecule has 8 nitrogen and oxygen atoms in total. The van der Waals surface area contributed by atoms with E-state index in [1.54, 1.807) is 12.3 Å². The van der Waals surface area contributed by atoms with E-state index in [4.69, 9.17) is 5.11 Å². The van der Waals surface area contributed by atoms with Crippen molar-refractivity contribution in [3.8, 4) is 5.82 Å². The van der Waals surface area contributed by atoms with E-state index in [1.807, 2.05) is 0 Å². The normalized spacial score (nSPS) is 14.2. The smallest absolute Gasteiger partial charge is 0.354 e. The van der Waals surface area contributed by atoms with Crippen molar-refractivity contribution in [2.75, 3.05) is 0 Å². The van der Waals surface area contributed by atoms with Gasteiger partial charge in [-0.05, 0) is 25.0 Å². The second-order valence-electron chi connectivity index (χ2n) is 4.56. The molecule has 2 heterocycles. The van der Waals surface area contributed by atoms with Gasteiger partial charge in [0, 0.05) is 18.2 Å². The molecular weight excluding hydrogens is 264 g/mol. The summed E-state index contributed by atoms with van der Waals surface area (Å²) in [6.07, 6.45) is 3.68. The monoisotopic (exact) mass is 274 g/mol. The Kier molecular flexibility index (Phi) is 2.70. The van der Waals surface area contributed by atoms with Crippen molar-refractivity contribution in [1.82, 2.24) is 14.8 Å². The van der Waals surface area contributed by atoms with E-state index in [2.05, 4.69) is 10.1 Å². The maximum atomic E-state index is 11.0. The molecule has 20 heavy (non-hydrogen) atoms. The average Bonchev–Trinajstić information content (AvgIpc) is 3.15. The number of pyridine rings is 1. The summed E-state index contributed by atoms with van der Waals surface area (Å²) in [6.45, 7) is 0. The topological polar surface area (TPSA) is 111 Å². The fourth-order valence-corrected chi connectivity index (χ4v) is 1.92. The Bertz CT molecular complexity index is 705. The van der Waals surface area contributed by atoms with E-state index in [0.29, 0.717) is 5.92 Å². The molecule has 0 unspecified atom stereocenters. The number of carbonyl (C=O) groups is 1. The third-order valence-corrected chi connectivity index (χ3v) is 3.09. The fourth-order valence-electron chi connectivity index (χ4n) is 1.92. The molecule has 1 fully saturated rings. The van der Waals surface area contributed by atoms with Gasteiger partial charge >= 0.3 is 11.7 Å². The quantitative estimate of drug-likeness (QED) is 0.671. The maximum Gasteiger partial charge on any atom is 0.354 e. The number of hydrogen-bond acceptors (Lipinski definition) is 5. The second-order valence-corrected chi connectivity index (χ2v) is 4.56. The number of aromatic carboxylic acids is 1. The lowest BCUT2D eigenvalue weighted by molar-refractivity contribution is -0.384. The lowest BCUT2D eigenvalue weighted by Gasteiger charge is -2.03. The van der Waals surface area contributed by atoms with E-state index in [1.165, 1.54) is 4.68 Å². The van der Waals surface area contributed by atoms with Gasteiger partial charge in [0.2, 0.25) is 5.82 Å². The highest BCUT2D eigenvalue weighted by molar-refractivity contribution is 5.86. The molecule has 0 spiro atoms. The van der Waals surface area contributed by atoms with Crippen molar-refractivity contribution >= 4 is 11.7 Å². The van der Waals surface area contributed by atoms with Crippen LogP contribution in [0.2, 0.25) is 0 Å². The first kappa shape index (κ1) is 12.3. The number of carboxylic acid groups (broad SMARTS) is 1. The van der Waals surface area contributed by atoms with Gasteiger partial charge in [-0.25, -0.2) is 14.5 Å². The average molecular weight is 274 g/mol. The molecule has 1 saturated carbocycles. The summed E-state index contributed by atoms with van der Waals surface area (Å²) in [5.74, 6) is -0.921. The summed E-state index contributed by atoms with van der Waals surface area (Å²) >= 11 is 0. The van der Waals surface area contributed by atoms with Gasteiger partial charge in [0.05, 0.1) is 10.6 Å². The fraction of sp³-hybridized carbons (Fsp3) is 0.250. The summed E-state index contributed by atoms with van der Waals surface area (Å²) < 4.78 is 1.26.